The molecule has 2 aromatic rings. The van der Waals surface area contributed by atoms with Crippen LogP contribution < -0.4 is 10.6 Å². The third kappa shape index (κ3) is 4.50. The van der Waals surface area contributed by atoms with Crippen molar-refractivity contribution >= 4 is 26.7 Å². The first-order chi connectivity index (χ1) is 12.0. The van der Waals surface area contributed by atoms with Crippen molar-refractivity contribution in [3.63, 3.8) is 0 Å². The summed E-state index contributed by atoms with van der Waals surface area (Å²) < 4.78 is 36.4. The lowest BCUT2D eigenvalue weighted by Gasteiger charge is -2.15. The van der Waals surface area contributed by atoms with Crippen LogP contribution in [0.1, 0.15) is 18.9 Å². The van der Waals surface area contributed by atoms with E-state index in [-0.39, 0.29) is 23.4 Å². The summed E-state index contributed by atoms with van der Waals surface area (Å²) in [7, 11) is -2.92. The van der Waals surface area contributed by atoms with Crippen LogP contribution in [-0.2, 0) is 16.3 Å². The highest BCUT2D eigenvalue weighted by atomic mass is 32.2. The predicted molar refractivity (Wildman–Crippen MR) is 98.1 cm³/mol. The monoisotopic (exact) mass is 366 g/mol. The molecule has 25 heavy (non-hydrogen) atoms. The molecule has 2 heterocycles. The van der Waals surface area contributed by atoms with Gasteiger partial charge in [0.2, 0.25) is 0 Å². The molecule has 1 fully saturated rings. The molecule has 1 aliphatic rings. The third-order valence-electron chi connectivity index (χ3n) is 4.30. The zero-order valence-corrected chi connectivity index (χ0v) is 15.0. The Morgan fingerprint density at radius 1 is 1.44 bits per heavy atom. The fraction of sp³-hybridized carbons (Fsp3) is 0.471. The van der Waals surface area contributed by atoms with Gasteiger partial charge in [0, 0.05) is 36.2 Å². The molecule has 3 N–H and O–H groups in total. The molecule has 8 heteroatoms. The topological polar surface area (TPSA) is 86.3 Å². The van der Waals surface area contributed by atoms with Crippen molar-refractivity contribution in [3.05, 3.63) is 35.8 Å². The van der Waals surface area contributed by atoms with E-state index in [1.54, 1.807) is 6.07 Å². The zero-order valence-electron chi connectivity index (χ0n) is 14.2. The number of aromatic nitrogens is 1. The van der Waals surface area contributed by atoms with Gasteiger partial charge in [-0.25, -0.2) is 12.8 Å². The molecule has 1 unspecified atom stereocenters. The van der Waals surface area contributed by atoms with Crippen molar-refractivity contribution in [1.29, 1.82) is 0 Å². The number of aliphatic imine (C=N–C) groups is 1. The molecule has 0 saturated carbocycles. The summed E-state index contributed by atoms with van der Waals surface area (Å²) >= 11 is 0. The summed E-state index contributed by atoms with van der Waals surface area (Å²) in [6.45, 7) is 3.23. The molecule has 0 bridgehead atoms. The minimum atomic E-state index is -2.92. The average Bonchev–Trinajstić information content (AvgIpc) is 3.10. The van der Waals surface area contributed by atoms with Crippen LogP contribution in [-0.4, -0.2) is 50.0 Å². The zero-order chi connectivity index (χ0) is 17.9. The van der Waals surface area contributed by atoms with Crippen LogP contribution in [0.15, 0.2) is 29.4 Å². The summed E-state index contributed by atoms with van der Waals surface area (Å²) in [6, 6.07) is 4.62. The maximum absolute atomic E-state index is 13.2. The first kappa shape index (κ1) is 17.7. The number of hydrogen-bond acceptors (Lipinski definition) is 3. The molecule has 1 aliphatic heterocycles. The standard InChI is InChI=1S/C17H23FN4O2S/c1-2-19-17(22-14-6-8-25(23,24)11-14)20-7-5-12-10-21-16-9-13(18)3-4-15(12)16/h3-4,9-10,14,21H,2,5-8,11H2,1H3,(H2,19,20,22). The Kier molecular flexibility index (Phi) is 5.27. The van der Waals surface area contributed by atoms with Gasteiger partial charge in [0.1, 0.15) is 5.82 Å². The van der Waals surface area contributed by atoms with E-state index in [1.807, 2.05) is 13.1 Å². The molecular formula is C17H23FN4O2S. The number of hydrogen-bond donors (Lipinski definition) is 3. The van der Waals surface area contributed by atoms with Crippen molar-refractivity contribution in [2.75, 3.05) is 24.6 Å². The van der Waals surface area contributed by atoms with Crippen LogP contribution in [0.3, 0.4) is 0 Å². The molecule has 1 saturated heterocycles. The lowest BCUT2D eigenvalue weighted by Crippen LogP contribution is -2.44. The van der Waals surface area contributed by atoms with E-state index >= 15 is 0 Å². The van der Waals surface area contributed by atoms with Gasteiger partial charge in [-0.2, -0.15) is 0 Å². The van der Waals surface area contributed by atoms with Crippen LogP contribution >= 0.6 is 0 Å². The minimum absolute atomic E-state index is 0.0844. The number of rotatable bonds is 5. The molecule has 0 spiro atoms. The van der Waals surface area contributed by atoms with Crippen molar-refractivity contribution in [2.24, 2.45) is 4.99 Å². The largest absolute Gasteiger partial charge is 0.361 e. The molecular weight excluding hydrogens is 343 g/mol. The van der Waals surface area contributed by atoms with E-state index in [0.29, 0.717) is 31.9 Å². The Bertz CT molecular complexity index is 876. The third-order valence-corrected chi connectivity index (χ3v) is 6.07. The second-order valence-electron chi connectivity index (χ2n) is 6.26. The first-order valence-electron chi connectivity index (χ1n) is 8.47. The van der Waals surface area contributed by atoms with Gasteiger partial charge in [0.05, 0.1) is 11.5 Å². The van der Waals surface area contributed by atoms with Crippen LogP contribution in [0.5, 0.6) is 0 Å². The van der Waals surface area contributed by atoms with Crippen molar-refractivity contribution in [3.8, 4) is 0 Å². The van der Waals surface area contributed by atoms with Crippen molar-refractivity contribution in [2.45, 2.75) is 25.8 Å². The van der Waals surface area contributed by atoms with Crippen LogP contribution in [0.25, 0.3) is 10.9 Å². The molecule has 1 aromatic carbocycles. The second kappa shape index (κ2) is 7.43. The van der Waals surface area contributed by atoms with Crippen molar-refractivity contribution in [1.82, 2.24) is 15.6 Å². The Labute approximate surface area is 146 Å². The fourth-order valence-electron chi connectivity index (χ4n) is 3.08. The van der Waals surface area contributed by atoms with Crippen LogP contribution in [0.2, 0.25) is 0 Å². The van der Waals surface area contributed by atoms with E-state index in [2.05, 4.69) is 20.6 Å². The molecule has 1 aromatic heterocycles. The maximum Gasteiger partial charge on any atom is 0.191 e. The highest BCUT2D eigenvalue weighted by molar-refractivity contribution is 7.91. The van der Waals surface area contributed by atoms with Gasteiger partial charge >= 0.3 is 0 Å². The summed E-state index contributed by atoms with van der Waals surface area (Å²) in [4.78, 5) is 7.61. The first-order valence-corrected chi connectivity index (χ1v) is 10.3. The Hall–Kier alpha value is -2.09. The van der Waals surface area contributed by atoms with E-state index in [9.17, 15) is 12.8 Å². The number of aromatic amines is 1. The molecule has 3 rings (SSSR count). The molecule has 0 radical (unpaired) electrons. The maximum atomic E-state index is 13.2. The predicted octanol–water partition coefficient (Wildman–Crippen LogP) is 1.59. The molecule has 1 atom stereocenters. The molecule has 0 aliphatic carbocycles. The number of nitrogens with zero attached hydrogens (tertiary/aromatic N) is 1. The lowest BCUT2D eigenvalue weighted by molar-refractivity contribution is 0.599. The highest BCUT2D eigenvalue weighted by Crippen LogP contribution is 2.19. The van der Waals surface area contributed by atoms with Crippen LogP contribution in [0, 0.1) is 5.82 Å². The number of nitrogens with one attached hydrogen (secondary N) is 3. The highest BCUT2D eigenvalue weighted by Gasteiger charge is 2.28. The van der Waals surface area contributed by atoms with Gasteiger partial charge in [0.25, 0.3) is 0 Å². The van der Waals surface area contributed by atoms with E-state index in [0.717, 1.165) is 16.5 Å². The number of guanidine groups is 1. The van der Waals surface area contributed by atoms with Gasteiger partial charge in [-0.3, -0.25) is 4.99 Å². The van der Waals surface area contributed by atoms with Gasteiger partial charge < -0.3 is 15.6 Å². The summed E-state index contributed by atoms with van der Waals surface area (Å²) in [6.07, 6.45) is 3.20. The fourth-order valence-corrected chi connectivity index (χ4v) is 4.75. The number of benzene rings is 1. The van der Waals surface area contributed by atoms with Crippen LogP contribution in [0.4, 0.5) is 4.39 Å². The van der Waals surface area contributed by atoms with E-state index in [4.69, 9.17) is 0 Å². The van der Waals surface area contributed by atoms with Crippen molar-refractivity contribution < 1.29 is 12.8 Å². The number of sulfone groups is 1. The van der Waals surface area contributed by atoms with E-state index < -0.39 is 9.84 Å². The number of fused-ring (bicyclic) bond motifs is 1. The average molecular weight is 366 g/mol. The second-order valence-corrected chi connectivity index (χ2v) is 8.49. The summed E-state index contributed by atoms with van der Waals surface area (Å²) in [5.41, 5.74) is 1.86. The Balaban J connectivity index is 1.63. The summed E-state index contributed by atoms with van der Waals surface area (Å²) in [5.74, 6) is 0.765. The molecule has 136 valence electrons. The molecule has 6 nitrogen and oxygen atoms in total. The van der Waals surface area contributed by atoms with Gasteiger partial charge in [-0.15, -0.1) is 0 Å². The Morgan fingerprint density at radius 3 is 3.00 bits per heavy atom. The normalized spacial score (nSPS) is 20.1. The van der Waals surface area contributed by atoms with E-state index in [1.165, 1.54) is 12.1 Å². The lowest BCUT2D eigenvalue weighted by atomic mass is 10.1. The Morgan fingerprint density at radius 2 is 2.28 bits per heavy atom. The smallest absolute Gasteiger partial charge is 0.191 e. The van der Waals surface area contributed by atoms with Gasteiger partial charge in [0.15, 0.2) is 15.8 Å². The molecule has 0 amide bonds. The summed E-state index contributed by atoms with van der Waals surface area (Å²) in [5, 5.41) is 7.34. The minimum Gasteiger partial charge on any atom is -0.361 e. The number of halogens is 1. The van der Waals surface area contributed by atoms with Gasteiger partial charge in [-0.05, 0) is 43.5 Å². The quantitative estimate of drug-likeness (QED) is 0.554. The SMILES string of the molecule is CCNC(=NCCc1c[nH]c2cc(F)ccc12)NC1CCS(=O)(=O)C1. The number of H-pyrrole nitrogens is 1. The van der Waals surface area contributed by atoms with Gasteiger partial charge in [-0.1, -0.05) is 0 Å².